The SMILES string of the molecule is CC/C=C\C/C=C\C/C=C\C/C=C\C/C=C\CCCCCCCC(=O)NC(CO)C(O)/C=C/CC/C=C/CCCCCCCCCCCCCCCCCCCCCCCC. The van der Waals surface area contributed by atoms with Crippen molar-refractivity contribution in [1.82, 2.24) is 5.32 Å². The standard InChI is InChI=1S/C57H101NO3/c1-3-5-7-9-11-13-15-17-19-21-23-25-26-27-28-29-30-31-33-34-36-38-40-42-44-46-48-50-52-56(60)55(54-59)58-57(61)53-51-49-47-45-43-41-39-37-35-32-24-22-20-18-16-14-12-10-8-6-4-2/h6,8,12,14,18,20,24,32,37,39,42,44,50,52,55-56,59-60H,3-5,7,9-11,13,15-17,19,21-23,25-31,33-36,38,40-41,43,45-49,51,53-54H2,1-2H3,(H,58,61)/b8-6-,14-12-,20-18-,32-24-,39-37-,44-42+,52-50+. The smallest absolute Gasteiger partial charge is 0.220 e. The summed E-state index contributed by atoms with van der Waals surface area (Å²) < 4.78 is 0. The molecule has 3 N–H and O–H groups in total. The van der Waals surface area contributed by atoms with Gasteiger partial charge >= 0.3 is 0 Å². The second kappa shape index (κ2) is 51.9. The minimum absolute atomic E-state index is 0.0939. The first-order valence-electron chi connectivity index (χ1n) is 26.3. The van der Waals surface area contributed by atoms with Crippen molar-refractivity contribution in [2.75, 3.05) is 6.61 Å². The number of unbranched alkanes of at least 4 members (excludes halogenated alkanes) is 28. The molecule has 0 spiro atoms. The molecule has 2 unspecified atom stereocenters. The molecule has 0 saturated carbocycles. The Hall–Kier alpha value is -2.43. The predicted molar refractivity (Wildman–Crippen MR) is 271 cm³/mol. The first-order valence-corrected chi connectivity index (χ1v) is 26.3. The van der Waals surface area contributed by atoms with Gasteiger partial charge in [0, 0.05) is 6.42 Å². The Morgan fingerprint density at radius 1 is 0.410 bits per heavy atom. The minimum Gasteiger partial charge on any atom is -0.394 e. The van der Waals surface area contributed by atoms with E-state index in [0.717, 1.165) is 77.0 Å². The van der Waals surface area contributed by atoms with Gasteiger partial charge in [0.15, 0.2) is 0 Å². The van der Waals surface area contributed by atoms with Gasteiger partial charge in [-0.15, -0.1) is 0 Å². The fourth-order valence-electron chi connectivity index (χ4n) is 7.63. The van der Waals surface area contributed by atoms with Crippen LogP contribution in [0.2, 0.25) is 0 Å². The zero-order chi connectivity index (χ0) is 44.2. The summed E-state index contributed by atoms with van der Waals surface area (Å²) in [5, 5.41) is 23.1. The number of amides is 1. The lowest BCUT2D eigenvalue weighted by atomic mass is 10.0. The number of hydrogen-bond donors (Lipinski definition) is 3. The molecule has 0 aromatic carbocycles. The third-order valence-corrected chi connectivity index (χ3v) is 11.6. The Morgan fingerprint density at radius 2 is 0.738 bits per heavy atom. The van der Waals surface area contributed by atoms with Gasteiger partial charge in [-0.2, -0.15) is 0 Å². The largest absolute Gasteiger partial charge is 0.394 e. The van der Waals surface area contributed by atoms with Gasteiger partial charge < -0.3 is 15.5 Å². The summed E-state index contributed by atoms with van der Waals surface area (Å²) in [6.45, 7) is 4.19. The Morgan fingerprint density at radius 3 is 1.15 bits per heavy atom. The van der Waals surface area contributed by atoms with Crippen molar-refractivity contribution in [2.24, 2.45) is 0 Å². The third kappa shape index (κ3) is 48.5. The number of hydrogen-bond acceptors (Lipinski definition) is 3. The topological polar surface area (TPSA) is 69.6 Å². The van der Waals surface area contributed by atoms with Crippen molar-refractivity contribution in [3.05, 3.63) is 85.1 Å². The molecule has 0 aromatic heterocycles. The summed E-state index contributed by atoms with van der Waals surface area (Å²) in [5.41, 5.74) is 0. The van der Waals surface area contributed by atoms with Gasteiger partial charge in [-0.3, -0.25) is 4.79 Å². The second-order valence-electron chi connectivity index (χ2n) is 17.6. The Labute approximate surface area is 380 Å². The maximum absolute atomic E-state index is 12.4. The molecule has 4 heteroatoms. The monoisotopic (exact) mass is 848 g/mol. The lowest BCUT2D eigenvalue weighted by Crippen LogP contribution is -2.45. The molecule has 0 saturated heterocycles. The van der Waals surface area contributed by atoms with E-state index in [9.17, 15) is 15.0 Å². The molecule has 4 nitrogen and oxygen atoms in total. The molecule has 0 bridgehead atoms. The van der Waals surface area contributed by atoms with Crippen LogP contribution in [-0.2, 0) is 4.79 Å². The van der Waals surface area contributed by atoms with E-state index >= 15 is 0 Å². The van der Waals surface area contributed by atoms with Gasteiger partial charge in [-0.25, -0.2) is 0 Å². The average Bonchev–Trinajstić information content (AvgIpc) is 3.26. The third-order valence-electron chi connectivity index (χ3n) is 11.6. The van der Waals surface area contributed by atoms with Crippen LogP contribution >= 0.6 is 0 Å². The van der Waals surface area contributed by atoms with Crippen molar-refractivity contribution in [2.45, 2.75) is 264 Å². The highest BCUT2D eigenvalue weighted by atomic mass is 16.3. The van der Waals surface area contributed by atoms with E-state index in [-0.39, 0.29) is 12.5 Å². The van der Waals surface area contributed by atoms with E-state index in [0.29, 0.717) is 6.42 Å². The van der Waals surface area contributed by atoms with Crippen LogP contribution in [-0.4, -0.2) is 34.9 Å². The van der Waals surface area contributed by atoms with Crippen LogP contribution in [0.5, 0.6) is 0 Å². The lowest BCUT2D eigenvalue weighted by molar-refractivity contribution is -0.123. The molecule has 0 aliphatic carbocycles. The van der Waals surface area contributed by atoms with Crippen LogP contribution in [0.25, 0.3) is 0 Å². The van der Waals surface area contributed by atoms with Crippen LogP contribution in [0.3, 0.4) is 0 Å². The molecule has 0 fully saturated rings. The van der Waals surface area contributed by atoms with Crippen molar-refractivity contribution >= 4 is 5.91 Å². The quantitative estimate of drug-likeness (QED) is 0.0422. The lowest BCUT2D eigenvalue weighted by Gasteiger charge is -2.19. The van der Waals surface area contributed by atoms with Gasteiger partial charge in [0.2, 0.25) is 5.91 Å². The number of aliphatic hydroxyl groups is 2. The van der Waals surface area contributed by atoms with E-state index in [1.165, 1.54) is 154 Å². The highest BCUT2D eigenvalue weighted by Crippen LogP contribution is 2.16. The Bertz CT molecular complexity index is 1100. The van der Waals surface area contributed by atoms with E-state index in [2.05, 4.69) is 92.1 Å². The summed E-state index contributed by atoms with van der Waals surface area (Å²) >= 11 is 0. The van der Waals surface area contributed by atoms with Crippen LogP contribution in [0.1, 0.15) is 251 Å². The Balaban J connectivity index is 3.60. The number of rotatable bonds is 47. The maximum atomic E-state index is 12.4. The molecule has 0 aromatic rings. The van der Waals surface area contributed by atoms with Gasteiger partial charge in [0.1, 0.15) is 0 Å². The molecule has 352 valence electrons. The normalized spacial score (nSPS) is 13.6. The second-order valence-corrected chi connectivity index (χ2v) is 17.6. The van der Waals surface area contributed by atoms with E-state index in [4.69, 9.17) is 0 Å². The molecular weight excluding hydrogens is 747 g/mol. The maximum Gasteiger partial charge on any atom is 0.220 e. The molecule has 2 atom stereocenters. The summed E-state index contributed by atoms with van der Waals surface area (Å²) in [4.78, 5) is 12.4. The minimum atomic E-state index is -0.877. The highest BCUT2D eigenvalue weighted by Gasteiger charge is 2.17. The van der Waals surface area contributed by atoms with Gasteiger partial charge in [-0.1, -0.05) is 253 Å². The van der Waals surface area contributed by atoms with Crippen LogP contribution < -0.4 is 5.32 Å². The van der Waals surface area contributed by atoms with Gasteiger partial charge in [0.05, 0.1) is 18.8 Å². The first-order chi connectivity index (χ1) is 30.2. The van der Waals surface area contributed by atoms with Gasteiger partial charge in [0.25, 0.3) is 0 Å². The molecular formula is C57H101NO3. The van der Waals surface area contributed by atoms with Crippen LogP contribution in [0.15, 0.2) is 85.1 Å². The van der Waals surface area contributed by atoms with Crippen molar-refractivity contribution < 1.29 is 15.0 Å². The highest BCUT2D eigenvalue weighted by molar-refractivity contribution is 5.76. The molecule has 0 radical (unpaired) electrons. The van der Waals surface area contributed by atoms with Crippen LogP contribution in [0, 0.1) is 0 Å². The first kappa shape index (κ1) is 58.6. The molecule has 0 aliphatic rings. The van der Waals surface area contributed by atoms with Crippen molar-refractivity contribution in [3.8, 4) is 0 Å². The van der Waals surface area contributed by atoms with E-state index in [1.807, 2.05) is 6.08 Å². The summed E-state index contributed by atoms with van der Waals surface area (Å²) in [7, 11) is 0. The summed E-state index contributed by atoms with van der Waals surface area (Å²) in [5.74, 6) is -0.0939. The average molecular weight is 848 g/mol. The number of nitrogens with one attached hydrogen (secondary N) is 1. The summed E-state index contributed by atoms with van der Waals surface area (Å²) in [6, 6.07) is -0.656. The molecule has 0 aliphatic heterocycles. The van der Waals surface area contributed by atoms with E-state index < -0.39 is 12.1 Å². The van der Waals surface area contributed by atoms with Crippen molar-refractivity contribution in [1.29, 1.82) is 0 Å². The van der Waals surface area contributed by atoms with Gasteiger partial charge in [-0.05, 0) is 77.0 Å². The fraction of sp³-hybridized carbons (Fsp3) is 0.737. The number of aliphatic hydroxyl groups excluding tert-OH is 2. The predicted octanol–water partition coefficient (Wildman–Crippen LogP) is 17.2. The summed E-state index contributed by atoms with van der Waals surface area (Å²) in [6.07, 6.45) is 75.9. The Kier molecular flexibility index (Phi) is 49.8. The molecule has 61 heavy (non-hydrogen) atoms. The number of carbonyl (C=O) groups excluding carboxylic acids is 1. The van der Waals surface area contributed by atoms with Crippen molar-refractivity contribution in [3.63, 3.8) is 0 Å². The zero-order valence-corrected chi connectivity index (χ0v) is 40.4. The van der Waals surface area contributed by atoms with E-state index in [1.54, 1.807) is 6.08 Å². The molecule has 0 heterocycles. The fourth-order valence-corrected chi connectivity index (χ4v) is 7.63. The molecule has 1 amide bonds. The number of carbonyl (C=O) groups is 1. The zero-order valence-electron chi connectivity index (χ0n) is 40.4. The number of allylic oxidation sites excluding steroid dienone is 13. The molecule has 0 rings (SSSR count). The van der Waals surface area contributed by atoms with Crippen LogP contribution in [0.4, 0.5) is 0 Å².